The van der Waals surface area contributed by atoms with Crippen LogP contribution in [0.5, 0.6) is 0 Å². The van der Waals surface area contributed by atoms with E-state index in [1.165, 1.54) is 19.1 Å². The topological polar surface area (TPSA) is 100 Å². The minimum atomic E-state index is -0.597. The summed E-state index contributed by atoms with van der Waals surface area (Å²) in [6, 6.07) is 6.22. The number of carbonyl (C=O) groups excluding carboxylic acids is 2. The average molecular weight is 460 g/mol. The minimum Gasteiger partial charge on any atom is -0.354 e. The number of likely N-dealkylation sites (N-methyl/N-ethyl adjacent to an activating group) is 1. The zero-order chi connectivity index (χ0) is 23.8. The quantitative estimate of drug-likeness (QED) is 0.559. The molecule has 8 nitrogen and oxygen atoms in total. The van der Waals surface area contributed by atoms with Crippen molar-refractivity contribution < 1.29 is 18.5 Å². The molecular weight excluding hydrogens is 425 g/mol. The van der Waals surface area contributed by atoms with Crippen molar-refractivity contribution in [1.82, 2.24) is 25.7 Å². The Morgan fingerprint density at radius 1 is 1.15 bits per heavy atom. The third-order valence-electron chi connectivity index (χ3n) is 6.21. The maximum Gasteiger partial charge on any atom is 0.227 e. The zero-order valence-corrected chi connectivity index (χ0v) is 19.7. The first-order valence-electron chi connectivity index (χ1n) is 11.6. The number of aryl methyl sites for hydroxylation is 1. The van der Waals surface area contributed by atoms with E-state index in [0.717, 1.165) is 44.1 Å². The number of rotatable bonds is 9. The number of benzene rings is 1. The van der Waals surface area contributed by atoms with Gasteiger partial charge in [-0.25, -0.2) is 4.39 Å². The van der Waals surface area contributed by atoms with Crippen LogP contribution in [0.15, 0.2) is 28.8 Å². The number of amides is 2. The van der Waals surface area contributed by atoms with E-state index < -0.39 is 5.54 Å². The summed E-state index contributed by atoms with van der Waals surface area (Å²) in [5.74, 6) is 0.355. The van der Waals surface area contributed by atoms with Crippen molar-refractivity contribution in [1.29, 1.82) is 0 Å². The maximum atomic E-state index is 13.2. The standard InChI is InChI=1S/C24H34FN5O3/c1-17(31)28-24(14-6-4-5-7-15-24)23-27-22(33-29-23)13-12-21(32)26-16-20(30(2)3)18-8-10-19(25)11-9-18/h8-11,20H,4-7,12-16H2,1-3H3,(H,26,32)(H,28,31). The summed E-state index contributed by atoms with van der Waals surface area (Å²) in [6.45, 7) is 1.91. The highest BCUT2D eigenvalue weighted by Gasteiger charge is 2.38. The molecule has 2 N–H and O–H groups in total. The van der Waals surface area contributed by atoms with Crippen LogP contribution >= 0.6 is 0 Å². The molecule has 0 spiro atoms. The molecule has 1 heterocycles. The van der Waals surface area contributed by atoms with Crippen LogP contribution in [0.3, 0.4) is 0 Å². The second-order valence-corrected chi connectivity index (χ2v) is 9.02. The highest BCUT2D eigenvalue weighted by atomic mass is 19.1. The number of aromatic nitrogens is 2. The second-order valence-electron chi connectivity index (χ2n) is 9.02. The molecule has 1 aromatic carbocycles. The van der Waals surface area contributed by atoms with Crippen LogP contribution < -0.4 is 10.6 Å². The number of halogens is 1. The highest BCUT2D eigenvalue weighted by Crippen LogP contribution is 2.34. The largest absolute Gasteiger partial charge is 0.354 e. The summed E-state index contributed by atoms with van der Waals surface area (Å²) in [5, 5.41) is 10.2. The van der Waals surface area contributed by atoms with Gasteiger partial charge in [0.1, 0.15) is 11.4 Å². The van der Waals surface area contributed by atoms with Gasteiger partial charge in [-0.3, -0.25) is 9.59 Å². The van der Waals surface area contributed by atoms with E-state index in [1.807, 2.05) is 19.0 Å². The lowest BCUT2D eigenvalue weighted by molar-refractivity contribution is -0.122. The molecule has 1 aromatic heterocycles. The van der Waals surface area contributed by atoms with Gasteiger partial charge in [-0.15, -0.1) is 0 Å². The van der Waals surface area contributed by atoms with Crippen LogP contribution in [0.2, 0.25) is 0 Å². The smallest absolute Gasteiger partial charge is 0.227 e. The molecule has 180 valence electrons. The normalized spacial score (nSPS) is 16.8. The Balaban J connectivity index is 1.57. The van der Waals surface area contributed by atoms with Gasteiger partial charge in [0.05, 0.1) is 6.04 Å². The maximum absolute atomic E-state index is 13.2. The number of carbonyl (C=O) groups is 2. The van der Waals surface area contributed by atoms with Crippen LogP contribution in [0, 0.1) is 5.82 Å². The van der Waals surface area contributed by atoms with Crippen LogP contribution in [0.4, 0.5) is 4.39 Å². The molecule has 0 bridgehead atoms. The Labute approximate surface area is 194 Å². The van der Waals surface area contributed by atoms with E-state index in [0.29, 0.717) is 24.7 Å². The molecule has 1 unspecified atom stereocenters. The Hall–Kier alpha value is -2.81. The van der Waals surface area contributed by atoms with E-state index in [9.17, 15) is 14.0 Å². The number of nitrogens with one attached hydrogen (secondary N) is 2. The number of hydrogen-bond donors (Lipinski definition) is 2. The predicted molar refractivity (Wildman–Crippen MR) is 122 cm³/mol. The Bertz CT molecular complexity index is 920. The van der Waals surface area contributed by atoms with Gasteiger partial charge in [0.25, 0.3) is 0 Å². The van der Waals surface area contributed by atoms with E-state index in [2.05, 4.69) is 20.8 Å². The van der Waals surface area contributed by atoms with E-state index in [4.69, 9.17) is 4.52 Å². The lowest BCUT2D eigenvalue weighted by Crippen LogP contribution is -2.45. The molecule has 0 saturated heterocycles. The molecule has 3 rings (SSSR count). The second kappa shape index (κ2) is 11.4. The molecule has 0 aliphatic heterocycles. The molecule has 0 radical (unpaired) electrons. The van der Waals surface area contributed by atoms with Crippen molar-refractivity contribution in [2.24, 2.45) is 0 Å². The SMILES string of the molecule is CC(=O)NC1(c2noc(CCC(=O)NCC(c3ccc(F)cc3)N(C)C)n2)CCCCCC1. The van der Waals surface area contributed by atoms with Gasteiger partial charge in [0.15, 0.2) is 5.82 Å². The van der Waals surface area contributed by atoms with Gasteiger partial charge in [0, 0.05) is 26.3 Å². The van der Waals surface area contributed by atoms with Crippen LogP contribution in [-0.2, 0) is 21.5 Å². The number of nitrogens with zero attached hydrogens (tertiary/aromatic N) is 3. The summed E-state index contributed by atoms with van der Waals surface area (Å²) in [7, 11) is 3.83. The van der Waals surface area contributed by atoms with Crippen molar-refractivity contribution >= 4 is 11.8 Å². The van der Waals surface area contributed by atoms with Gasteiger partial charge in [0.2, 0.25) is 17.7 Å². The fourth-order valence-electron chi connectivity index (χ4n) is 4.43. The molecule has 1 fully saturated rings. The Morgan fingerprint density at radius 2 is 1.82 bits per heavy atom. The van der Waals surface area contributed by atoms with Crippen molar-refractivity contribution in [3.63, 3.8) is 0 Å². The first-order chi connectivity index (χ1) is 15.8. The minimum absolute atomic E-state index is 0.0719. The summed E-state index contributed by atoms with van der Waals surface area (Å²) in [4.78, 5) is 30.8. The number of hydrogen-bond acceptors (Lipinski definition) is 6. The molecule has 9 heteroatoms. The lowest BCUT2D eigenvalue weighted by atomic mass is 9.89. The average Bonchev–Trinajstić information content (AvgIpc) is 3.13. The van der Waals surface area contributed by atoms with Crippen molar-refractivity contribution in [3.8, 4) is 0 Å². The fraction of sp³-hybridized carbons (Fsp3) is 0.583. The third kappa shape index (κ3) is 6.83. The fourth-order valence-corrected chi connectivity index (χ4v) is 4.43. The van der Waals surface area contributed by atoms with E-state index in [-0.39, 0.29) is 30.1 Å². The summed E-state index contributed by atoms with van der Waals surface area (Å²) in [5.41, 5.74) is 0.329. The summed E-state index contributed by atoms with van der Waals surface area (Å²) in [6.07, 6.45) is 6.32. The van der Waals surface area contributed by atoms with Crippen LogP contribution in [0.1, 0.15) is 75.2 Å². The van der Waals surface area contributed by atoms with Crippen molar-refractivity contribution in [2.45, 2.75) is 69.9 Å². The molecule has 2 amide bonds. The molecular formula is C24H34FN5O3. The molecule has 1 saturated carbocycles. The third-order valence-corrected chi connectivity index (χ3v) is 6.21. The van der Waals surface area contributed by atoms with Crippen LogP contribution in [0.25, 0.3) is 0 Å². The van der Waals surface area contributed by atoms with Gasteiger partial charge < -0.3 is 20.1 Å². The van der Waals surface area contributed by atoms with Gasteiger partial charge in [-0.1, -0.05) is 43.0 Å². The van der Waals surface area contributed by atoms with Gasteiger partial charge in [-0.2, -0.15) is 4.98 Å². The first-order valence-corrected chi connectivity index (χ1v) is 11.6. The van der Waals surface area contributed by atoms with Crippen molar-refractivity contribution in [2.75, 3.05) is 20.6 Å². The lowest BCUT2D eigenvalue weighted by Gasteiger charge is -2.30. The summed E-state index contributed by atoms with van der Waals surface area (Å²) >= 11 is 0. The van der Waals surface area contributed by atoms with E-state index in [1.54, 1.807) is 12.1 Å². The monoisotopic (exact) mass is 459 g/mol. The Kier molecular flexibility index (Phi) is 8.55. The molecule has 2 aromatic rings. The molecule has 1 aliphatic rings. The molecule has 1 aliphatic carbocycles. The molecule has 1 atom stereocenters. The van der Waals surface area contributed by atoms with Crippen LogP contribution in [-0.4, -0.2) is 47.5 Å². The van der Waals surface area contributed by atoms with E-state index >= 15 is 0 Å². The summed E-state index contributed by atoms with van der Waals surface area (Å²) < 4.78 is 18.7. The van der Waals surface area contributed by atoms with Gasteiger partial charge >= 0.3 is 0 Å². The highest BCUT2D eigenvalue weighted by molar-refractivity contribution is 5.76. The van der Waals surface area contributed by atoms with Crippen molar-refractivity contribution in [3.05, 3.63) is 47.4 Å². The zero-order valence-electron chi connectivity index (χ0n) is 19.7. The molecule has 33 heavy (non-hydrogen) atoms. The van der Waals surface area contributed by atoms with Gasteiger partial charge in [-0.05, 0) is 44.6 Å². The Morgan fingerprint density at radius 3 is 2.42 bits per heavy atom. The first kappa shape index (κ1) is 24.8. The predicted octanol–water partition coefficient (Wildman–Crippen LogP) is 3.25.